The molecule has 0 unspecified atom stereocenters. The van der Waals surface area contributed by atoms with Gasteiger partial charge in [0.2, 0.25) is 0 Å². The summed E-state index contributed by atoms with van der Waals surface area (Å²) in [5.74, 6) is -0.895. The maximum Gasteiger partial charge on any atom is 0.158 e. The molecule has 1 aromatic heterocycles. The summed E-state index contributed by atoms with van der Waals surface area (Å²) in [5.41, 5.74) is 4.25. The van der Waals surface area contributed by atoms with Crippen molar-refractivity contribution in [1.29, 1.82) is 0 Å². The lowest BCUT2D eigenvalue weighted by Gasteiger charge is -2.14. The third-order valence-corrected chi connectivity index (χ3v) is 4.52. The first-order chi connectivity index (χ1) is 11.5. The highest BCUT2D eigenvalue weighted by Crippen LogP contribution is 2.51. The number of hydrogen-bond donors (Lipinski definition) is 4. The zero-order valence-electron chi connectivity index (χ0n) is 12.6. The number of phenols is 4. The van der Waals surface area contributed by atoms with E-state index in [4.69, 9.17) is 0 Å². The summed E-state index contributed by atoms with van der Waals surface area (Å²) < 4.78 is 0. The Morgan fingerprint density at radius 3 is 1.67 bits per heavy atom. The first-order valence-electron chi connectivity index (χ1n) is 7.55. The third-order valence-electron chi connectivity index (χ3n) is 4.52. The van der Waals surface area contributed by atoms with E-state index in [1.165, 1.54) is 12.1 Å². The maximum atomic E-state index is 9.90. The number of nitrogens with zero attached hydrogens (tertiary/aromatic N) is 1. The van der Waals surface area contributed by atoms with Gasteiger partial charge >= 0.3 is 0 Å². The van der Waals surface area contributed by atoms with Crippen molar-refractivity contribution >= 4 is 0 Å². The van der Waals surface area contributed by atoms with Gasteiger partial charge in [-0.2, -0.15) is 0 Å². The normalized spacial score (nSPS) is 12.8. The quantitative estimate of drug-likeness (QED) is 0.544. The van der Waals surface area contributed by atoms with Crippen LogP contribution in [0.25, 0.3) is 11.1 Å². The van der Waals surface area contributed by atoms with Gasteiger partial charge in [-0.25, -0.2) is 0 Å². The van der Waals surface area contributed by atoms with E-state index in [0.29, 0.717) is 6.42 Å². The molecule has 1 aliphatic carbocycles. The van der Waals surface area contributed by atoms with E-state index in [1.54, 1.807) is 24.5 Å². The Labute approximate surface area is 138 Å². The highest BCUT2D eigenvalue weighted by atomic mass is 16.3. The Hall–Kier alpha value is -3.21. The summed E-state index contributed by atoms with van der Waals surface area (Å²) in [6, 6.07) is 9.91. The van der Waals surface area contributed by atoms with Crippen LogP contribution in [0.5, 0.6) is 23.0 Å². The molecule has 0 atom stereocenters. The molecule has 0 radical (unpaired) electrons. The SMILES string of the molecule is Oc1cc2c(cc1O)C(Cc1ccncc1)c1cc(O)c(O)cc1-2. The van der Waals surface area contributed by atoms with Crippen molar-refractivity contribution in [2.75, 3.05) is 0 Å². The number of rotatable bonds is 2. The fourth-order valence-corrected chi connectivity index (χ4v) is 3.37. The number of pyridine rings is 1. The van der Waals surface area contributed by atoms with E-state index in [2.05, 4.69) is 4.98 Å². The van der Waals surface area contributed by atoms with Gasteiger partial charge in [0.15, 0.2) is 23.0 Å². The third kappa shape index (κ3) is 2.13. The Bertz CT molecular complexity index is 880. The molecule has 0 bridgehead atoms. The molecule has 5 heteroatoms. The number of fused-ring (bicyclic) bond motifs is 3. The Morgan fingerprint density at radius 1 is 0.708 bits per heavy atom. The molecular weight excluding hydrogens is 306 g/mol. The van der Waals surface area contributed by atoms with Gasteiger partial charge in [-0.05, 0) is 70.6 Å². The van der Waals surface area contributed by atoms with Gasteiger partial charge in [-0.3, -0.25) is 4.98 Å². The lowest BCUT2D eigenvalue weighted by molar-refractivity contribution is 0.403. The van der Waals surface area contributed by atoms with Crippen LogP contribution in [0.4, 0.5) is 0 Å². The highest BCUT2D eigenvalue weighted by Gasteiger charge is 2.31. The van der Waals surface area contributed by atoms with E-state index < -0.39 is 0 Å². The van der Waals surface area contributed by atoms with Gasteiger partial charge in [0, 0.05) is 18.3 Å². The second-order valence-electron chi connectivity index (χ2n) is 5.97. The zero-order valence-corrected chi connectivity index (χ0v) is 12.6. The van der Waals surface area contributed by atoms with Crippen molar-refractivity contribution in [3.05, 3.63) is 65.5 Å². The molecule has 0 aliphatic heterocycles. The number of aromatic nitrogens is 1. The molecule has 4 N–H and O–H groups in total. The molecular formula is C19H15NO4. The molecule has 2 aromatic carbocycles. The molecule has 4 rings (SSSR count). The summed E-state index contributed by atoms with van der Waals surface area (Å²) in [6.07, 6.45) is 4.08. The maximum absolute atomic E-state index is 9.90. The Balaban J connectivity index is 1.91. The number of phenolic OH excluding ortho intramolecular Hbond substituents is 4. The van der Waals surface area contributed by atoms with Crippen LogP contribution < -0.4 is 0 Å². The van der Waals surface area contributed by atoms with Crippen LogP contribution in [-0.4, -0.2) is 25.4 Å². The standard InChI is InChI=1S/C19H15NO4/c21-16-6-12-11(5-10-1-3-20-4-2-10)13-7-17(22)19(24)9-15(13)14(12)8-18(16)23/h1-4,6-9,11,21-24H,5H2. The minimum atomic E-state index is -0.211. The summed E-state index contributed by atoms with van der Waals surface area (Å²) in [6.45, 7) is 0. The van der Waals surface area contributed by atoms with Crippen LogP contribution in [0.1, 0.15) is 22.6 Å². The lowest BCUT2D eigenvalue weighted by atomic mass is 9.90. The minimum Gasteiger partial charge on any atom is -0.504 e. The molecule has 0 saturated carbocycles. The number of aromatic hydroxyl groups is 4. The first-order valence-corrected chi connectivity index (χ1v) is 7.55. The van der Waals surface area contributed by atoms with Crippen LogP contribution >= 0.6 is 0 Å². The molecule has 3 aromatic rings. The summed E-state index contributed by atoms with van der Waals surface area (Å²) in [4.78, 5) is 4.01. The smallest absolute Gasteiger partial charge is 0.158 e. The van der Waals surface area contributed by atoms with Gasteiger partial charge in [-0.15, -0.1) is 0 Å². The summed E-state index contributed by atoms with van der Waals surface area (Å²) in [7, 11) is 0. The molecule has 1 aliphatic rings. The van der Waals surface area contributed by atoms with E-state index in [-0.39, 0.29) is 28.9 Å². The molecule has 120 valence electrons. The molecule has 0 saturated heterocycles. The average molecular weight is 321 g/mol. The van der Waals surface area contributed by atoms with E-state index in [9.17, 15) is 20.4 Å². The summed E-state index contributed by atoms with van der Waals surface area (Å²) >= 11 is 0. The number of hydrogen-bond acceptors (Lipinski definition) is 5. The van der Waals surface area contributed by atoms with Gasteiger partial charge in [-0.1, -0.05) is 0 Å². The van der Waals surface area contributed by atoms with Crippen molar-refractivity contribution in [2.45, 2.75) is 12.3 Å². The van der Waals surface area contributed by atoms with E-state index >= 15 is 0 Å². The monoisotopic (exact) mass is 321 g/mol. The lowest BCUT2D eigenvalue weighted by Crippen LogP contribution is -2.01. The topological polar surface area (TPSA) is 93.8 Å². The van der Waals surface area contributed by atoms with Crippen LogP contribution in [0.3, 0.4) is 0 Å². The largest absolute Gasteiger partial charge is 0.504 e. The molecule has 24 heavy (non-hydrogen) atoms. The first kappa shape index (κ1) is 14.4. The van der Waals surface area contributed by atoms with Crippen LogP contribution in [0.2, 0.25) is 0 Å². The van der Waals surface area contributed by atoms with Crippen LogP contribution in [0.15, 0.2) is 48.8 Å². The summed E-state index contributed by atoms with van der Waals surface area (Å²) in [5, 5.41) is 39.5. The van der Waals surface area contributed by atoms with Gasteiger partial charge in [0.1, 0.15) is 0 Å². The predicted molar refractivity (Wildman–Crippen MR) is 88.3 cm³/mol. The second kappa shape index (κ2) is 5.16. The highest BCUT2D eigenvalue weighted by molar-refractivity contribution is 5.83. The fraction of sp³-hybridized carbons (Fsp3) is 0.105. The fourth-order valence-electron chi connectivity index (χ4n) is 3.37. The van der Waals surface area contributed by atoms with E-state index in [0.717, 1.165) is 27.8 Å². The molecule has 5 nitrogen and oxygen atoms in total. The zero-order chi connectivity index (χ0) is 16.8. The van der Waals surface area contributed by atoms with Gasteiger partial charge in [0.05, 0.1) is 0 Å². The Kier molecular flexibility index (Phi) is 3.09. The van der Waals surface area contributed by atoms with Crippen molar-refractivity contribution in [2.24, 2.45) is 0 Å². The van der Waals surface area contributed by atoms with Crippen molar-refractivity contribution in [3.63, 3.8) is 0 Å². The number of benzene rings is 2. The average Bonchev–Trinajstić information content (AvgIpc) is 2.83. The molecule has 1 heterocycles. The molecule has 0 fully saturated rings. The molecule has 0 amide bonds. The molecule has 0 spiro atoms. The van der Waals surface area contributed by atoms with Gasteiger partial charge < -0.3 is 20.4 Å². The Morgan fingerprint density at radius 2 is 1.17 bits per heavy atom. The van der Waals surface area contributed by atoms with Crippen molar-refractivity contribution in [1.82, 2.24) is 4.98 Å². The van der Waals surface area contributed by atoms with Crippen molar-refractivity contribution in [3.8, 4) is 34.1 Å². The van der Waals surface area contributed by atoms with Crippen LogP contribution in [-0.2, 0) is 6.42 Å². The van der Waals surface area contributed by atoms with Gasteiger partial charge in [0.25, 0.3) is 0 Å². The van der Waals surface area contributed by atoms with Crippen LogP contribution in [0, 0.1) is 0 Å². The van der Waals surface area contributed by atoms with E-state index in [1.807, 2.05) is 12.1 Å². The minimum absolute atomic E-state index is 0.101. The van der Waals surface area contributed by atoms with Crippen molar-refractivity contribution < 1.29 is 20.4 Å². The second-order valence-corrected chi connectivity index (χ2v) is 5.97. The predicted octanol–water partition coefficient (Wildman–Crippen LogP) is 3.26.